The van der Waals surface area contributed by atoms with E-state index < -0.39 is 23.6 Å². The average molecular weight is 662 g/mol. The van der Waals surface area contributed by atoms with Crippen LogP contribution in [-0.2, 0) is 0 Å². The van der Waals surface area contributed by atoms with Crippen molar-refractivity contribution in [3.63, 3.8) is 0 Å². The molecule has 246 valence electrons. The van der Waals surface area contributed by atoms with Gasteiger partial charge >= 0.3 is 0 Å². The van der Waals surface area contributed by atoms with Crippen LogP contribution in [0.2, 0.25) is 0 Å². The largest absolute Gasteiger partial charge is 0.272 e. The van der Waals surface area contributed by atoms with Gasteiger partial charge in [-0.2, -0.15) is 0 Å². The predicted octanol–water partition coefficient (Wildman–Crippen LogP) is 6.91. The van der Waals surface area contributed by atoms with Crippen LogP contribution >= 0.6 is 0 Å². The van der Waals surface area contributed by atoms with Crippen molar-refractivity contribution in [1.29, 1.82) is 0 Å². The lowest BCUT2D eigenvalue weighted by Gasteiger charge is -2.34. The summed E-state index contributed by atoms with van der Waals surface area (Å²) >= 11 is 0. The third-order valence-corrected chi connectivity index (χ3v) is 9.44. The Morgan fingerprint density at radius 2 is 1.26 bits per heavy atom. The van der Waals surface area contributed by atoms with Gasteiger partial charge in [0.1, 0.15) is 5.69 Å². The summed E-state index contributed by atoms with van der Waals surface area (Å²) in [5.41, 5.74) is 5.15. The highest BCUT2D eigenvalue weighted by atomic mass is 16.2. The number of hydrogen-bond acceptors (Lipinski definition) is 8. The number of nitrogens with zero attached hydrogens (tertiary/aromatic N) is 7. The van der Waals surface area contributed by atoms with E-state index in [0.29, 0.717) is 51.1 Å². The van der Waals surface area contributed by atoms with Gasteiger partial charge < -0.3 is 0 Å². The van der Waals surface area contributed by atoms with Crippen LogP contribution in [0.1, 0.15) is 81.0 Å². The number of carbonyl (C=O) groups excluding carboxylic acids is 4. The van der Waals surface area contributed by atoms with Crippen LogP contribution in [0.5, 0.6) is 0 Å². The van der Waals surface area contributed by atoms with E-state index >= 15 is 0 Å². The van der Waals surface area contributed by atoms with Gasteiger partial charge in [-0.1, -0.05) is 37.5 Å². The van der Waals surface area contributed by atoms with Crippen molar-refractivity contribution in [1.82, 2.24) is 29.9 Å². The van der Waals surface area contributed by atoms with Crippen LogP contribution in [0.25, 0.3) is 39.1 Å². The van der Waals surface area contributed by atoms with E-state index in [1.54, 1.807) is 71.8 Å². The zero-order valence-corrected chi connectivity index (χ0v) is 27.4. The van der Waals surface area contributed by atoms with Crippen molar-refractivity contribution in [2.75, 3.05) is 4.90 Å². The minimum absolute atomic E-state index is 0.262. The fourth-order valence-corrected chi connectivity index (χ4v) is 6.87. The second kappa shape index (κ2) is 12.3. The summed E-state index contributed by atoms with van der Waals surface area (Å²) in [6, 6.07) is 22.4. The van der Waals surface area contributed by atoms with Crippen LogP contribution < -0.4 is 4.90 Å². The van der Waals surface area contributed by atoms with Gasteiger partial charge in [0, 0.05) is 57.0 Å². The quantitative estimate of drug-likeness (QED) is 0.121. The minimum Gasteiger partial charge on any atom is -0.272 e. The molecule has 2 aliphatic heterocycles. The molecule has 5 heterocycles. The Morgan fingerprint density at radius 1 is 0.640 bits per heavy atom. The van der Waals surface area contributed by atoms with Gasteiger partial charge in [0.25, 0.3) is 23.6 Å². The smallest absolute Gasteiger partial charge is 0.265 e. The number of pyridine rings is 2. The molecule has 3 aromatic carbocycles. The zero-order chi connectivity index (χ0) is 34.5. The van der Waals surface area contributed by atoms with Gasteiger partial charge in [-0.25, -0.2) is 9.58 Å². The molecule has 0 saturated heterocycles. The monoisotopic (exact) mass is 661 g/mol. The lowest BCUT2D eigenvalue weighted by atomic mass is 9.85. The molecule has 0 bridgehead atoms. The first kappa shape index (κ1) is 30.9. The van der Waals surface area contributed by atoms with Gasteiger partial charge in [0.2, 0.25) is 0 Å². The fourth-order valence-electron chi connectivity index (χ4n) is 6.87. The maximum Gasteiger partial charge on any atom is 0.265 e. The highest BCUT2D eigenvalue weighted by Crippen LogP contribution is 2.40. The fraction of sp³-hybridized carbons (Fsp3) is 0.179. The predicted molar refractivity (Wildman–Crippen MR) is 187 cm³/mol. The maximum atomic E-state index is 14.0. The van der Waals surface area contributed by atoms with E-state index in [1.165, 1.54) is 4.90 Å². The van der Waals surface area contributed by atoms with Gasteiger partial charge in [-0.3, -0.25) is 34.0 Å². The first-order valence-corrected chi connectivity index (χ1v) is 16.6. The van der Waals surface area contributed by atoms with Crippen molar-refractivity contribution >= 4 is 40.1 Å². The molecule has 0 fully saturated rings. The second-order valence-electron chi connectivity index (χ2n) is 12.6. The van der Waals surface area contributed by atoms with Crippen LogP contribution in [-0.4, -0.2) is 59.5 Å². The molecule has 1 atom stereocenters. The Labute approximate surface area is 287 Å². The van der Waals surface area contributed by atoms with Crippen molar-refractivity contribution in [2.24, 2.45) is 0 Å². The third kappa shape index (κ3) is 4.97. The molecule has 0 saturated carbocycles. The van der Waals surface area contributed by atoms with E-state index in [4.69, 9.17) is 0 Å². The van der Waals surface area contributed by atoms with Gasteiger partial charge in [-0.15, -0.1) is 5.10 Å². The molecule has 2 aliphatic rings. The Hall–Kier alpha value is -6.36. The first-order valence-electron chi connectivity index (χ1n) is 16.6. The van der Waals surface area contributed by atoms with Gasteiger partial charge in [0.05, 0.1) is 29.0 Å². The van der Waals surface area contributed by atoms with Crippen molar-refractivity contribution < 1.29 is 19.2 Å². The third-order valence-electron chi connectivity index (χ3n) is 9.44. The van der Waals surface area contributed by atoms with Crippen LogP contribution in [0.15, 0.2) is 97.5 Å². The molecule has 0 aliphatic carbocycles. The molecule has 0 spiro atoms. The van der Waals surface area contributed by atoms with Crippen LogP contribution in [0.3, 0.4) is 0 Å². The Kier molecular flexibility index (Phi) is 7.59. The number of aromatic nitrogens is 5. The molecule has 50 heavy (non-hydrogen) atoms. The number of amides is 4. The molecule has 1 unspecified atom stereocenters. The highest BCUT2D eigenvalue weighted by Gasteiger charge is 2.41. The molecular weight excluding hydrogens is 630 g/mol. The van der Waals surface area contributed by atoms with E-state index in [1.807, 2.05) is 37.3 Å². The molecule has 4 amide bonds. The number of unbranched alkanes of at least 4 members (excludes halogenated alkanes) is 2. The van der Waals surface area contributed by atoms with Crippen molar-refractivity contribution in [3.8, 4) is 28.3 Å². The molecule has 0 N–H and O–H groups in total. The molecule has 8 rings (SSSR count). The van der Waals surface area contributed by atoms with E-state index in [2.05, 4.69) is 27.2 Å². The minimum atomic E-state index is -0.529. The molecular formula is C39H31N7O4. The topological polar surface area (TPSA) is 131 Å². The summed E-state index contributed by atoms with van der Waals surface area (Å²) in [7, 11) is 0. The van der Waals surface area contributed by atoms with Gasteiger partial charge in [-0.05, 0) is 86.1 Å². The summed E-state index contributed by atoms with van der Waals surface area (Å²) in [4.78, 5) is 66.5. The normalized spacial score (nSPS) is 14.5. The lowest BCUT2D eigenvalue weighted by molar-refractivity contribution is 0.0541. The number of imide groups is 2. The summed E-state index contributed by atoms with van der Waals surface area (Å²) < 4.78 is 1.61. The Morgan fingerprint density at radius 3 is 1.88 bits per heavy atom. The number of carbonyl (C=O) groups is 4. The lowest BCUT2D eigenvalue weighted by Crippen LogP contribution is -2.46. The van der Waals surface area contributed by atoms with E-state index in [9.17, 15) is 19.2 Å². The number of hydrogen-bond donors (Lipinski definition) is 0. The molecule has 6 aromatic rings. The zero-order valence-electron chi connectivity index (χ0n) is 27.4. The summed E-state index contributed by atoms with van der Waals surface area (Å²) in [6.45, 7) is 3.99. The summed E-state index contributed by atoms with van der Waals surface area (Å²) in [5.74, 6) is -1.86. The first-order chi connectivity index (χ1) is 24.4. The molecule has 0 radical (unpaired) electrons. The second-order valence-corrected chi connectivity index (χ2v) is 12.6. The highest BCUT2D eigenvalue weighted by molar-refractivity contribution is 6.39. The van der Waals surface area contributed by atoms with Crippen LogP contribution in [0, 0.1) is 0 Å². The molecule has 3 aromatic heterocycles. The maximum absolute atomic E-state index is 14.0. The summed E-state index contributed by atoms with van der Waals surface area (Å²) in [6.07, 6.45) is 8.88. The van der Waals surface area contributed by atoms with Crippen molar-refractivity contribution in [3.05, 3.63) is 120 Å². The Bertz CT molecular complexity index is 2280. The van der Waals surface area contributed by atoms with E-state index in [0.717, 1.165) is 35.4 Å². The number of anilines is 1. The standard InChI is InChI=1S/C39H31N7O4/c1-3-4-5-8-23(2)45-36(47)27-14-16-29-35-30(17-15-28(34(27)35)37(45)48)39(50)46(38(29)49)26-12-10-25(11-13-26)44-22-33(42-43-44)24-18-20-41-32(21-24)31-9-6-7-19-40-31/h6-7,9-23H,3-5,8H2,1-2H3. The SMILES string of the molecule is CCCCCC(C)N1C(=O)c2ccc3c4c(ccc(c24)C1=O)C(=O)N(c1ccc(-n2cc(-c4ccnc(-c5ccccn5)c4)nn2)cc1)C3=O. The number of rotatable bonds is 9. The molecule has 11 heteroatoms. The van der Waals surface area contributed by atoms with Crippen LogP contribution in [0.4, 0.5) is 5.69 Å². The van der Waals surface area contributed by atoms with Crippen molar-refractivity contribution in [2.45, 2.75) is 45.6 Å². The van der Waals surface area contributed by atoms with E-state index in [-0.39, 0.29) is 17.2 Å². The summed E-state index contributed by atoms with van der Waals surface area (Å²) in [5, 5.41) is 9.35. The molecule has 11 nitrogen and oxygen atoms in total. The Balaban J connectivity index is 1.07. The number of benzene rings is 3. The van der Waals surface area contributed by atoms with Gasteiger partial charge in [0.15, 0.2) is 0 Å². The average Bonchev–Trinajstić information content (AvgIpc) is 3.65.